The minimum absolute atomic E-state index is 0.0483. The minimum Gasteiger partial charge on any atom is -0.326 e. The zero-order valence-corrected chi connectivity index (χ0v) is 17.0. The first-order chi connectivity index (χ1) is 14.6. The fourth-order valence-electron chi connectivity index (χ4n) is 3.76. The maximum absolute atomic E-state index is 13.0. The lowest BCUT2D eigenvalue weighted by Gasteiger charge is -2.17. The van der Waals surface area contributed by atoms with Gasteiger partial charge < -0.3 is 10.3 Å². The molecule has 1 atom stereocenters. The molecule has 4 aromatic rings. The average Bonchev–Trinajstić information content (AvgIpc) is 2.76. The first-order valence-electron chi connectivity index (χ1n) is 10.1. The van der Waals surface area contributed by atoms with E-state index in [4.69, 9.17) is 5.73 Å². The van der Waals surface area contributed by atoms with Crippen LogP contribution in [-0.4, -0.2) is 15.6 Å². The lowest BCUT2D eigenvalue weighted by Crippen LogP contribution is -2.33. The van der Waals surface area contributed by atoms with Crippen molar-refractivity contribution in [2.75, 3.05) is 0 Å². The zero-order chi connectivity index (χ0) is 20.9. The number of pyridine rings is 2. The van der Waals surface area contributed by atoms with Gasteiger partial charge in [0.1, 0.15) is 0 Å². The molecule has 2 aromatic heterocycles. The van der Waals surface area contributed by atoms with Crippen molar-refractivity contribution in [2.24, 2.45) is 5.73 Å². The Kier molecular flexibility index (Phi) is 5.87. The molecule has 0 radical (unpaired) electrons. The molecule has 4 heteroatoms. The van der Waals surface area contributed by atoms with Gasteiger partial charge in [0, 0.05) is 42.8 Å². The van der Waals surface area contributed by atoms with E-state index in [9.17, 15) is 4.79 Å². The Balaban J connectivity index is 1.73. The molecule has 0 saturated carbocycles. The van der Waals surface area contributed by atoms with E-state index in [0.717, 1.165) is 34.2 Å². The summed E-state index contributed by atoms with van der Waals surface area (Å²) in [5.41, 5.74) is 12.6. The summed E-state index contributed by atoms with van der Waals surface area (Å²) in [6.45, 7) is 2.51. The second-order valence-electron chi connectivity index (χ2n) is 7.65. The standard InChI is InChI=1S/C26H25N3O/c1-19-6-5-9-22(14-19)24-16-26(30)29(18-25(24)21-10-12-28-13-11-21)17-23(27)15-20-7-3-2-4-8-20/h2-14,16,18,23H,15,17,27H2,1H3. The zero-order valence-electron chi connectivity index (χ0n) is 17.0. The monoisotopic (exact) mass is 395 g/mol. The van der Waals surface area contributed by atoms with Gasteiger partial charge in [0.15, 0.2) is 0 Å². The summed E-state index contributed by atoms with van der Waals surface area (Å²) >= 11 is 0. The predicted molar refractivity (Wildman–Crippen MR) is 122 cm³/mol. The van der Waals surface area contributed by atoms with Gasteiger partial charge in [-0.1, -0.05) is 60.2 Å². The Morgan fingerprint density at radius 3 is 2.40 bits per heavy atom. The molecule has 4 rings (SSSR count). The van der Waals surface area contributed by atoms with Crippen LogP contribution in [0.2, 0.25) is 0 Å². The van der Waals surface area contributed by atoms with Crippen LogP contribution in [0.25, 0.3) is 22.3 Å². The Bertz CT molecular complexity index is 1180. The van der Waals surface area contributed by atoms with E-state index in [2.05, 4.69) is 36.2 Å². The van der Waals surface area contributed by atoms with Crippen molar-refractivity contribution in [1.82, 2.24) is 9.55 Å². The molecule has 0 aliphatic rings. The second kappa shape index (κ2) is 8.89. The summed E-state index contributed by atoms with van der Waals surface area (Å²) in [5.74, 6) is 0. The van der Waals surface area contributed by atoms with Crippen LogP contribution in [0.4, 0.5) is 0 Å². The van der Waals surface area contributed by atoms with Gasteiger partial charge in [-0.15, -0.1) is 0 Å². The highest BCUT2D eigenvalue weighted by Gasteiger charge is 2.13. The quantitative estimate of drug-likeness (QED) is 0.524. The highest BCUT2D eigenvalue weighted by atomic mass is 16.1. The second-order valence-corrected chi connectivity index (χ2v) is 7.65. The highest BCUT2D eigenvalue weighted by Crippen LogP contribution is 2.31. The van der Waals surface area contributed by atoms with E-state index >= 15 is 0 Å². The van der Waals surface area contributed by atoms with E-state index in [1.54, 1.807) is 23.0 Å². The Morgan fingerprint density at radius 1 is 0.900 bits per heavy atom. The SMILES string of the molecule is Cc1cccc(-c2cc(=O)n(CC(N)Cc3ccccc3)cc2-c2ccncc2)c1. The molecule has 2 N–H and O–H groups in total. The third-order valence-electron chi connectivity index (χ3n) is 5.22. The van der Waals surface area contributed by atoms with Gasteiger partial charge in [-0.2, -0.15) is 0 Å². The van der Waals surface area contributed by atoms with Gasteiger partial charge in [0.05, 0.1) is 0 Å². The van der Waals surface area contributed by atoms with Gasteiger partial charge in [0.2, 0.25) is 0 Å². The van der Waals surface area contributed by atoms with Crippen LogP contribution in [0.1, 0.15) is 11.1 Å². The Morgan fingerprint density at radius 2 is 1.67 bits per heavy atom. The third kappa shape index (κ3) is 4.56. The topological polar surface area (TPSA) is 60.9 Å². The largest absolute Gasteiger partial charge is 0.326 e. The predicted octanol–water partition coefficient (Wildman–Crippen LogP) is 4.46. The molecule has 0 amide bonds. The van der Waals surface area contributed by atoms with Crippen molar-refractivity contribution in [3.8, 4) is 22.3 Å². The van der Waals surface area contributed by atoms with Crippen molar-refractivity contribution in [3.63, 3.8) is 0 Å². The fraction of sp³-hybridized carbons (Fsp3) is 0.154. The van der Waals surface area contributed by atoms with Crippen molar-refractivity contribution in [2.45, 2.75) is 25.9 Å². The number of aromatic nitrogens is 2. The number of hydrogen-bond acceptors (Lipinski definition) is 3. The molecule has 0 fully saturated rings. The fourth-order valence-corrected chi connectivity index (χ4v) is 3.76. The molecule has 1 unspecified atom stereocenters. The molecule has 0 saturated heterocycles. The van der Waals surface area contributed by atoms with E-state index in [0.29, 0.717) is 6.54 Å². The van der Waals surface area contributed by atoms with Crippen LogP contribution in [0.15, 0.2) is 96.2 Å². The normalized spacial score (nSPS) is 11.9. The first kappa shape index (κ1) is 19.8. The number of rotatable bonds is 6. The van der Waals surface area contributed by atoms with Crippen LogP contribution in [-0.2, 0) is 13.0 Å². The van der Waals surface area contributed by atoms with Crippen LogP contribution in [0, 0.1) is 6.92 Å². The van der Waals surface area contributed by atoms with Crippen molar-refractivity contribution in [1.29, 1.82) is 0 Å². The number of nitrogens with zero attached hydrogens (tertiary/aromatic N) is 2. The third-order valence-corrected chi connectivity index (χ3v) is 5.22. The van der Waals surface area contributed by atoms with Gasteiger partial charge in [0.25, 0.3) is 5.56 Å². The number of benzene rings is 2. The van der Waals surface area contributed by atoms with Gasteiger partial charge in [-0.3, -0.25) is 9.78 Å². The van der Waals surface area contributed by atoms with Gasteiger partial charge in [-0.25, -0.2) is 0 Å². The Hall–Kier alpha value is -3.50. The summed E-state index contributed by atoms with van der Waals surface area (Å²) in [6.07, 6.45) is 6.19. The van der Waals surface area contributed by atoms with Crippen LogP contribution >= 0.6 is 0 Å². The maximum atomic E-state index is 13.0. The molecule has 0 aliphatic heterocycles. The highest BCUT2D eigenvalue weighted by molar-refractivity contribution is 5.82. The molecule has 0 bridgehead atoms. The average molecular weight is 396 g/mol. The lowest BCUT2D eigenvalue weighted by atomic mass is 9.96. The minimum atomic E-state index is -0.153. The van der Waals surface area contributed by atoms with E-state index < -0.39 is 0 Å². The van der Waals surface area contributed by atoms with Crippen LogP contribution < -0.4 is 11.3 Å². The molecular formula is C26H25N3O. The smallest absolute Gasteiger partial charge is 0.251 e. The lowest BCUT2D eigenvalue weighted by molar-refractivity contribution is 0.538. The van der Waals surface area contributed by atoms with Gasteiger partial charge in [-0.05, 0) is 47.7 Å². The molecule has 0 aliphatic carbocycles. The van der Waals surface area contributed by atoms with Crippen molar-refractivity contribution >= 4 is 0 Å². The molecule has 2 heterocycles. The summed E-state index contributed by atoms with van der Waals surface area (Å²) in [6, 6.07) is 23.8. The van der Waals surface area contributed by atoms with Gasteiger partial charge >= 0.3 is 0 Å². The number of aryl methyl sites for hydroxylation is 1. The van der Waals surface area contributed by atoms with E-state index in [1.807, 2.05) is 48.7 Å². The summed E-state index contributed by atoms with van der Waals surface area (Å²) in [4.78, 5) is 17.1. The van der Waals surface area contributed by atoms with Crippen molar-refractivity contribution in [3.05, 3.63) is 113 Å². The maximum Gasteiger partial charge on any atom is 0.251 e. The molecule has 150 valence electrons. The van der Waals surface area contributed by atoms with Crippen LogP contribution in [0.3, 0.4) is 0 Å². The Labute approximate surface area is 176 Å². The number of hydrogen-bond donors (Lipinski definition) is 1. The van der Waals surface area contributed by atoms with Crippen molar-refractivity contribution < 1.29 is 0 Å². The molecule has 0 spiro atoms. The molecule has 2 aromatic carbocycles. The van der Waals surface area contributed by atoms with Crippen LogP contribution in [0.5, 0.6) is 0 Å². The van der Waals surface area contributed by atoms with E-state index in [-0.39, 0.29) is 11.6 Å². The van der Waals surface area contributed by atoms with E-state index in [1.165, 1.54) is 5.56 Å². The first-order valence-corrected chi connectivity index (χ1v) is 10.1. The molecule has 30 heavy (non-hydrogen) atoms. The summed E-state index contributed by atoms with van der Waals surface area (Å²) < 4.78 is 1.72. The summed E-state index contributed by atoms with van der Waals surface area (Å²) in [7, 11) is 0. The summed E-state index contributed by atoms with van der Waals surface area (Å²) in [5, 5.41) is 0. The molecule has 4 nitrogen and oxygen atoms in total. The molecular weight excluding hydrogens is 370 g/mol. The number of nitrogens with two attached hydrogens (primary N) is 1.